The summed E-state index contributed by atoms with van der Waals surface area (Å²) in [6, 6.07) is 20.4. The number of hydrogen-bond acceptors (Lipinski definition) is 3. The van der Waals surface area contributed by atoms with Gasteiger partial charge in [0.1, 0.15) is 0 Å². The van der Waals surface area contributed by atoms with E-state index in [0.29, 0.717) is 48.9 Å². The minimum absolute atomic E-state index is 0.0488. The van der Waals surface area contributed by atoms with E-state index >= 15 is 0 Å². The zero-order chi connectivity index (χ0) is 21.1. The quantitative estimate of drug-likeness (QED) is 0.601. The Kier molecular flexibility index (Phi) is 6.09. The summed E-state index contributed by atoms with van der Waals surface area (Å²) >= 11 is 5.89. The van der Waals surface area contributed by atoms with Crippen LogP contribution in [0.3, 0.4) is 0 Å². The number of aryl methyl sites for hydroxylation is 1. The van der Waals surface area contributed by atoms with E-state index in [1.54, 1.807) is 17.0 Å². The highest BCUT2D eigenvalue weighted by Crippen LogP contribution is 2.23. The molecule has 0 N–H and O–H groups in total. The van der Waals surface area contributed by atoms with Gasteiger partial charge in [-0.2, -0.15) is 4.31 Å². The highest BCUT2D eigenvalue weighted by atomic mass is 35.5. The van der Waals surface area contributed by atoms with Gasteiger partial charge in [-0.1, -0.05) is 54.1 Å². The van der Waals surface area contributed by atoms with E-state index in [-0.39, 0.29) is 5.91 Å². The minimum atomic E-state index is -3.58. The standard InChI is InChI=1S/C23H23ClN2O3S/c24-21-9-5-18(6-10-21)7-12-23(27)25-13-15-26(16-14-25)30(28,29)22-11-8-19-3-1-2-4-20(19)17-22/h1-6,8-11,17H,7,12-16H2. The normalized spacial score (nSPS) is 15.4. The molecule has 4 rings (SSSR count). The molecule has 0 bridgehead atoms. The molecule has 0 spiro atoms. The van der Waals surface area contributed by atoms with Crippen LogP contribution in [0, 0.1) is 0 Å². The summed E-state index contributed by atoms with van der Waals surface area (Å²) in [5, 5.41) is 2.58. The fraction of sp³-hybridized carbons (Fsp3) is 0.261. The van der Waals surface area contributed by atoms with E-state index in [9.17, 15) is 13.2 Å². The molecule has 1 amide bonds. The fourth-order valence-electron chi connectivity index (χ4n) is 3.72. The van der Waals surface area contributed by atoms with E-state index in [0.717, 1.165) is 16.3 Å². The second kappa shape index (κ2) is 8.76. The van der Waals surface area contributed by atoms with Crippen LogP contribution >= 0.6 is 11.6 Å². The molecule has 1 aliphatic heterocycles. The molecule has 0 aromatic heterocycles. The molecular formula is C23H23ClN2O3S. The van der Waals surface area contributed by atoms with Gasteiger partial charge in [0.15, 0.2) is 0 Å². The Morgan fingerprint density at radius 1 is 0.867 bits per heavy atom. The molecule has 7 heteroatoms. The first kappa shape index (κ1) is 20.8. The first-order chi connectivity index (χ1) is 14.4. The number of hydrogen-bond donors (Lipinski definition) is 0. The van der Waals surface area contributed by atoms with Crippen molar-refractivity contribution in [2.24, 2.45) is 0 Å². The van der Waals surface area contributed by atoms with Crippen LogP contribution in [0.4, 0.5) is 0 Å². The summed E-state index contributed by atoms with van der Waals surface area (Å²) in [5.74, 6) is 0.0488. The van der Waals surface area contributed by atoms with Crippen molar-refractivity contribution in [3.63, 3.8) is 0 Å². The number of benzene rings is 3. The highest BCUT2D eigenvalue weighted by molar-refractivity contribution is 7.89. The first-order valence-electron chi connectivity index (χ1n) is 9.95. The maximum Gasteiger partial charge on any atom is 0.243 e. The second-order valence-corrected chi connectivity index (χ2v) is 9.79. The maximum atomic E-state index is 13.1. The minimum Gasteiger partial charge on any atom is -0.340 e. The van der Waals surface area contributed by atoms with Gasteiger partial charge in [-0.25, -0.2) is 8.42 Å². The average Bonchev–Trinajstić information content (AvgIpc) is 2.78. The zero-order valence-electron chi connectivity index (χ0n) is 16.5. The zero-order valence-corrected chi connectivity index (χ0v) is 18.1. The van der Waals surface area contributed by atoms with Crippen molar-refractivity contribution >= 4 is 38.3 Å². The third kappa shape index (κ3) is 4.51. The Labute approximate surface area is 181 Å². The molecule has 0 aliphatic carbocycles. The van der Waals surface area contributed by atoms with E-state index in [1.807, 2.05) is 54.6 Å². The predicted molar refractivity (Wildman–Crippen MR) is 119 cm³/mol. The highest BCUT2D eigenvalue weighted by Gasteiger charge is 2.30. The van der Waals surface area contributed by atoms with Crippen LogP contribution in [0.1, 0.15) is 12.0 Å². The number of rotatable bonds is 5. The number of amides is 1. The van der Waals surface area contributed by atoms with Crippen molar-refractivity contribution in [1.29, 1.82) is 0 Å². The number of sulfonamides is 1. The van der Waals surface area contributed by atoms with Gasteiger partial charge < -0.3 is 4.90 Å². The largest absolute Gasteiger partial charge is 0.340 e. The monoisotopic (exact) mass is 442 g/mol. The Bertz CT molecular complexity index is 1150. The van der Waals surface area contributed by atoms with Crippen molar-refractivity contribution in [2.45, 2.75) is 17.7 Å². The summed E-state index contributed by atoms with van der Waals surface area (Å²) in [7, 11) is -3.58. The molecule has 3 aromatic rings. The summed E-state index contributed by atoms with van der Waals surface area (Å²) < 4.78 is 27.6. The van der Waals surface area contributed by atoms with Gasteiger partial charge in [0.25, 0.3) is 0 Å². The number of halogens is 1. The van der Waals surface area contributed by atoms with Crippen LogP contribution in [0.25, 0.3) is 10.8 Å². The van der Waals surface area contributed by atoms with Crippen molar-refractivity contribution in [1.82, 2.24) is 9.21 Å². The van der Waals surface area contributed by atoms with Crippen molar-refractivity contribution < 1.29 is 13.2 Å². The first-order valence-corrected chi connectivity index (χ1v) is 11.8. The third-order valence-corrected chi connectivity index (χ3v) is 7.64. The number of carbonyl (C=O) groups excluding carboxylic acids is 1. The molecule has 1 aliphatic rings. The summed E-state index contributed by atoms with van der Waals surface area (Å²) in [5.41, 5.74) is 1.06. The van der Waals surface area contributed by atoms with Gasteiger partial charge in [-0.05, 0) is 47.0 Å². The molecule has 0 radical (unpaired) electrons. The van der Waals surface area contributed by atoms with E-state index < -0.39 is 10.0 Å². The van der Waals surface area contributed by atoms with Crippen molar-refractivity contribution in [3.8, 4) is 0 Å². The Balaban J connectivity index is 1.36. The Morgan fingerprint density at radius 3 is 2.23 bits per heavy atom. The van der Waals surface area contributed by atoms with E-state index in [4.69, 9.17) is 11.6 Å². The lowest BCUT2D eigenvalue weighted by atomic mass is 10.1. The predicted octanol–water partition coefficient (Wildman–Crippen LogP) is 3.96. The average molecular weight is 443 g/mol. The SMILES string of the molecule is O=C(CCc1ccc(Cl)cc1)N1CCN(S(=O)(=O)c2ccc3ccccc3c2)CC1. The van der Waals surface area contributed by atoms with Gasteiger partial charge in [0.05, 0.1) is 4.90 Å². The molecule has 1 fully saturated rings. The topological polar surface area (TPSA) is 57.7 Å². The lowest BCUT2D eigenvalue weighted by molar-refractivity contribution is -0.132. The van der Waals surface area contributed by atoms with Gasteiger partial charge >= 0.3 is 0 Å². The summed E-state index contributed by atoms with van der Waals surface area (Å²) in [6.45, 7) is 1.43. The van der Waals surface area contributed by atoms with Gasteiger partial charge in [0, 0.05) is 37.6 Å². The molecule has 0 unspecified atom stereocenters. The van der Waals surface area contributed by atoms with Crippen molar-refractivity contribution in [3.05, 3.63) is 77.3 Å². The van der Waals surface area contributed by atoms with E-state index in [1.165, 1.54) is 4.31 Å². The molecule has 1 heterocycles. The number of carbonyl (C=O) groups is 1. The summed E-state index contributed by atoms with van der Waals surface area (Å²) in [4.78, 5) is 14.6. The van der Waals surface area contributed by atoms with Crippen LogP contribution in [0.15, 0.2) is 71.6 Å². The second-order valence-electron chi connectivity index (χ2n) is 7.42. The van der Waals surface area contributed by atoms with Crippen molar-refractivity contribution in [2.75, 3.05) is 26.2 Å². The Morgan fingerprint density at radius 2 is 1.53 bits per heavy atom. The molecular weight excluding hydrogens is 420 g/mol. The Hall–Kier alpha value is -2.41. The number of fused-ring (bicyclic) bond motifs is 1. The molecule has 0 atom stereocenters. The van der Waals surface area contributed by atoms with Crippen LogP contribution in [-0.2, 0) is 21.2 Å². The van der Waals surface area contributed by atoms with Crippen LogP contribution in [0.2, 0.25) is 5.02 Å². The van der Waals surface area contributed by atoms with Gasteiger partial charge in [-0.3, -0.25) is 4.79 Å². The third-order valence-electron chi connectivity index (χ3n) is 5.49. The molecule has 3 aromatic carbocycles. The van der Waals surface area contributed by atoms with Crippen LogP contribution in [0.5, 0.6) is 0 Å². The molecule has 0 saturated carbocycles. The summed E-state index contributed by atoms with van der Waals surface area (Å²) in [6.07, 6.45) is 1.05. The maximum absolute atomic E-state index is 13.1. The van der Waals surface area contributed by atoms with Crippen LogP contribution < -0.4 is 0 Å². The van der Waals surface area contributed by atoms with E-state index in [2.05, 4.69) is 0 Å². The fourth-order valence-corrected chi connectivity index (χ4v) is 5.30. The number of nitrogens with zero attached hydrogens (tertiary/aromatic N) is 2. The smallest absolute Gasteiger partial charge is 0.243 e. The van der Waals surface area contributed by atoms with Crippen LogP contribution in [-0.4, -0.2) is 49.7 Å². The molecule has 30 heavy (non-hydrogen) atoms. The molecule has 1 saturated heterocycles. The molecule has 156 valence electrons. The lowest BCUT2D eigenvalue weighted by Gasteiger charge is -2.34. The molecule has 5 nitrogen and oxygen atoms in total. The van der Waals surface area contributed by atoms with Gasteiger partial charge in [-0.15, -0.1) is 0 Å². The lowest BCUT2D eigenvalue weighted by Crippen LogP contribution is -2.50. The number of piperazine rings is 1. The van der Waals surface area contributed by atoms with Gasteiger partial charge in [0.2, 0.25) is 15.9 Å².